The van der Waals surface area contributed by atoms with Gasteiger partial charge in [-0.25, -0.2) is 9.07 Å². The zero-order valence-corrected chi connectivity index (χ0v) is 13.0. The fourth-order valence-electron chi connectivity index (χ4n) is 2.11. The van der Waals surface area contributed by atoms with Crippen LogP contribution in [-0.4, -0.2) is 22.8 Å². The summed E-state index contributed by atoms with van der Waals surface area (Å²) in [5, 5.41) is 7.06. The Balaban J connectivity index is 2.18. The van der Waals surface area contributed by atoms with Crippen LogP contribution in [0.1, 0.15) is 35.7 Å². The molecule has 1 aromatic carbocycles. The SMILES string of the molecule is CCCCn1ncc(C)c1NC(=O)c1ccc(OC)c(F)c1. The van der Waals surface area contributed by atoms with Gasteiger partial charge in [-0.15, -0.1) is 0 Å². The second kappa shape index (κ2) is 7.06. The average Bonchev–Trinajstić information content (AvgIpc) is 2.85. The van der Waals surface area contributed by atoms with Crippen LogP contribution in [0.15, 0.2) is 24.4 Å². The maximum absolute atomic E-state index is 13.7. The van der Waals surface area contributed by atoms with Gasteiger partial charge in [0.2, 0.25) is 0 Å². The molecule has 0 aliphatic carbocycles. The van der Waals surface area contributed by atoms with Crippen molar-refractivity contribution in [2.24, 2.45) is 0 Å². The minimum Gasteiger partial charge on any atom is -0.494 e. The predicted molar refractivity (Wildman–Crippen MR) is 82.8 cm³/mol. The molecular formula is C16H20FN3O2. The van der Waals surface area contributed by atoms with Crippen LogP contribution in [0.25, 0.3) is 0 Å². The van der Waals surface area contributed by atoms with E-state index < -0.39 is 5.82 Å². The number of nitrogens with one attached hydrogen (secondary N) is 1. The first kappa shape index (κ1) is 16.0. The molecule has 1 amide bonds. The van der Waals surface area contributed by atoms with Crippen LogP contribution in [-0.2, 0) is 6.54 Å². The van der Waals surface area contributed by atoms with Gasteiger partial charge in [0.25, 0.3) is 5.91 Å². The minimum atomic E-state index is -0.564. The monoisotopic (exact) mass is 305 g/mol. The number of unbranched alkanes of at least 4 members (excludes halogenated alkanes) is 1. The molecular weight excluding hydrogens is 285 g/mol. The van der Waals surface area contributed by atoms with Crippen LogP contribution in [0.3, 0.4) is 0 Å². The number of benzene rings is 1. The molecule has 0 bridgehead atoms. The van der Waals surface area contributed by atoms with Crippen LogP contribution in [0.2, 0.25) is 0 Å². The molecule has 1 heterocycles. The van der Waals surface area contributed by atoms with Crippen LogP contribution in [0.4, 0.5) is 10.2 Å². The summed E-state index contributed by atoms with van der Waals surface area (Å²) >= 11 is 0. The standard InChI is InChI=1S/C16H20FN3O2/c1-4-5-8-20-15(11(2)10-18-20)19-16(21)12-6-7-14(22-3)13(17)9-12/h6-7,9-10H,4-5,8H2,1-3H3,(H,19,21). The van der Waals surface area contributed by atoms with Crippen molar-refractivity contribution in [2.45, 2.75) is 33.2 Å². The van der Waals surface area contributed by atoms with Gasteiger partial charge in [-0.3, -0.25) is 4.79 Å². The van der Waals surface area contributed by atoms with Crippen molar-refractivity contribution >= 4 is 11.7 Å². The molecule has 0 saturated carbocycles. The molecule has 0 fully saturated rings. The first-order chi connectivity index (χ1) is 10.6. The van der Waals surface area contributed by atoms with Crippen molar-refractivity contribution in [2.75, 3.05) is 12.4 Å². The van der Waals surface area contributed by atoms with Crippen molar-refractivity contribution in [3.05, 3.63) is 41.3 Å². The summed E-state index contributed by atoms with van der Waals surface area (Å²) in [6.07, 6.45) is 3.72. The number of hydrogen-bond acceptors (Lipinski definition) is 3. The van der Waals surface area contributed by atoms with Gasteiger partial charge in [-0.05, 0) is 31.5 Å². The van der Waals surface area contributed by atoms with Crippen LogP contribution in [0.5, 0.6) is 5.75 Å². The summed E-state index contributed by atoms with van der Waals surface area (Å²) in [5.74, 6) is -0.176. The summed E-state index contributed by atoms with van der Waals surface area (Å²) in [7, 11) is 1.38. The Bertz CT molecular complexity index is 667. The summed E-state index contributed by atoms with van der Waals surface area (Å²) < 4.78 is 20.3. The maximum atomic E-state index is 13.7. The number of anilines is 1. The van der Waals surface area contributed by atoms with Crippen molar-refractivity contribution < 1.29 is 13.9 Å². The zero-order valence-electron chi connectivity index (χ0n) is 13.0. The molecule has 0 saturated heterocycles. The first-order valence-corrected chi connectivity index (χ1v) is 7.24. The van der Waals surface area contributed by atoms with E-state index in [1.165, 1.54) is 19.2 Å². The smallest absolute Gasteiger partial charge is 0.256 e. The molecule has 5 nitrogen and oxygen atoms in total. The van der Waals surface area contributed by atoms with Crippen LogP contribution >= 0.6 is 0 Å². The molecule has 1 aromatic heterocycles. The topological polar surface area (TPSA) is 56.2 Å². The van der Waals surface area contributed by atoms with Gasteiger partial charge in [0.15, 0.2) is 11.6 Å². The lowest BCUT2D eigenvalue weighted by atomic mass is 10.2. The number of aryl methyl sites for hydroxylation is 2. The zero-order chi connectivity index (χ0) is 16.1. The first-order valence-electron chi connectivity index (χ1n) is 7.24. The van der Waals surface area contributed by atoms with Crippen LogP contribution < -0.4 is 10.1 Å². The van der Waals surface area contributed by atoms with Gasteiger partial charge in [0.1, 0.15) is 5.82 Å². The van der Waals surface area contributed by atoms with Gasteiger partial charge in [0, 0.05) is 17.7 Å². The normalized spacial score (nSPS) is 10.5. The highest BCUT2D eigenvalue weighted by atomic mass is 19.1. The molecule has 1 N–H and O–H groups in total. The number of amides is 1. The van der Waals surface area contributed by atoms with Gasteiger partial charge in [-0.2, -0.15) is 5.10 Å². The Hall–Kier alpha value is -2.37. The number of hydrogen-bond donors (Lipinski definition) is 1. The van der Waals surface area contributed by atoms with E-state index in [9.17, 15) is 9.18 Å². The maximum Gasteiger partial charge on any atom is 0.256 e. The molecule has 2 aromatic rings. The van der Waals surface area contributed by atoms with E-state index in [1.54, 1.807) is 10.9 Å². The highest BCUT2D eigenvalue weighted by Crippen LogP contribution is 2.20. The Kier molecular flexibility index (Phi) is 5.14. The van der Waals surface area contributed by atoms with Crippen molar-refractivity contribution in [3.63, 3.8) is 0 Å². The number of nitrogens with zero attached hydrogens (tertiary/aromatic N) is 2. The molecule has 22 heavy (non-hydrogen) atoms. The van der Waals surface area contributed by atoms with Crippen molar-refractivity contribution in [1.29, 1.82) is 0 Å². The number of rotatable bonds is 6. The number of carbonyl (C=O) groups excluding carboxylic acids is 1. The fraction of sp³-hybridized carbons (Fsp3) is 0.375. The third-order valence-electron chi connectivity index (χ3n) is 3.39. The van der Waals surface area contributed by atoms with E-state index in [2.05, 4.69) is 17.3 Å². The average molecular weight is 305 g/mol. The van der Waals surface area contributed by atoms with Gasteiger partial charge < -0.3 is 10.1 Å². The Morgan fingerprint density at radius 2 is 2.23 bits per heavy atom. The highest BCUT2D eigenvalue weighted by molar-refractivity contribution is 6.04. The molecule has 0 atom stereocenters. The Morgan fingerprint density at radius 3 is 2.86 bits per heavy atom. The Morgan fingerprint density at radius 1 is 1.45 bits per heavy atom. The molecule has 118 valence electrons. The van der Waals surface area contributed by atoms with Crippen LogP contribution in [0, 0.1) is 12.7 Å². The van der Waals surface area contributed by atoms with E-state index in [0.29, 0.717) is 5.82 Å². The second-order valence-electron chi connectivity index (χ2n) is 5.06. The summed E-state index contributed by atoms with van der Waals surface area (Å²) in [5.41, 5.74) is 1.11. The summed E-state index contributed by atoms with van der Waals surface area (Å²) in [4.78, 5) is 12.3. The van der Waals surface area contributed by atoms with E-state index >= 15 is 0 Å². The van der Waals surface area contributed by atoms with Gasteiger partial charge in [0.05, 0.1) is 13.3 Å². The van der Waals surface area contributed by atoms with Gasteiger partial charge >= 0.3 is 0 Å². The van der Waals surface area contributed by atoms with Gasteiger partial charge in [-0.1, -0.05) is 13.3 Å². The van der Waals surface area contributed by atoms with Crippen molar-refractivity contribution in [3.8, 4) is 5.75 Å². The number of methoxy groups -OCH3 is 1. The number of aromatic nitrogens is 2. The predicted octanol–water partition coefficient (Wildman–Crippen LogP) is 3.39. The lowest BCUT2D eigenvalue weighted by molar-refractivity contribution is 0.102. The Labute approximate surface area is 129 Å². The largest absolute Gasteiger partial charge is 0.494 e. The third-order valence-corrected chi connectivity index (χ3v) is 3.39. The number of carbonyl (C=O) groups is 1. The summed E-state index contributed by atoms with van der Waals surface area (Å²) in [6.45, 7) is 4.70. The third kappa shape index (κ3) is 3.44. The molecule has 0 aliphatic rings. The quantitative estimate of drug-likeness (QED) is 0.890. The lowest BCUT2D eigenvalue weighted by Crippen LogP contribution is -2.17. The molecule has 0 radical (unpaired) electrons. The molecule has 2 rings (SSSR count). The fourth-order valence-corrected chi connectivity index (χ4v) is 2.11. The highest BCUT2D eigenvalue weighted by Gasteiger charge is 2.14. The lowest BCUT2D eigenvalue weighted by Gasteiger charge is -2.10. The summed E-state index contributed by atoms with van der Waals surface area (Å²) in [6, 6.07) is 4.13. The van der Waals surface area contributed by atoms with E-state index in [-0.39, 0.29) is 17.2 Å². The minimum absolute atomic E-state index is 0.112. The number of halogens is 1. The van der Waals surface area contributed by atoms with E-state index in [4.69, 9.17) is 4.74 Å². The number of ether oxygens (including phenoxy) is 1. The van der Waals surface area contributed by atoms with E-state index in [1.807, 2.05) is 6.92 Å². The molecule has 0 spiro atoms. The van der Waals surface area contributed by atoms with Crippen molar-refractivity contribution in [1.82, 2.24) is 9.78 Å². The molecule has 6 heteroatoms. The second-order valence-corrected chi connectivity index (χ2v) is 5.06. The molecule has 0 aliphatic heterocycles. The molecule has 0 unspecified atom stereocenters. The van der Waals surface area contributed by atoms with E-state index in [0.717, 1.165) is 31.0 Å².